The lowest BCUT2D eigenvalue weighted by molar-refractivity contribution is 0.0304. The van der Waals surface area contributed by atoms with Crippen molar-refractivity contribution in [3.63, 3.8) is 0 Å². The van der Waals surface area contributed by atoms with E-state index in [9.17, 15) is 13.2 Å². The molecule has 4 rings (SSSR count). The van der Waals surface area contributed by atoms with Crippen LogP contribution in [0.15, 0.2) is 35.8 Å². The number of hydrogen-bond acceptors (Lipinski definition) is 6. The third-order valence-electron chi connectivity index (χ3n) is 5.25. The molecule has 0 saturated carbocycles. The van der Waals surface area contributed by atoms with E-state index in [-0.39, 0.29) is 29.5 Å². The number of fused-ring (bicyclic) bond motifs is 1. The van der Waals surface area contributed by atoms with Crippen LogP contribution in [0.3, 0.4) is 0 Å². The Hall–Kier alpha value is -1.77. The van der Waals surface area contributed by atoms with Crippen LogP contribution in [0.2, 0.25) is 0 Å². The molecule has 1 amide bonds. The average Bonchev–Trinajstić information content (AvgIpc) is 3.17. The number of sulfone groups is 1. The summed E-state index contributed by atoms with van der Waals surface area (Å²) in [4.78, 5) is 22.2. The van der Waals surface area contributed by atoms with Gasteiger partial charge >= 0.3 is 0 Å². The van der Waals surface area contributed by atoms with Gasteiger partial charge in [0.2, 0.25) is 0 Å². The van der Waals surface area contributed by atoms with Crippen LogP contribution in [0.1, 0.15) is 20.9 Å². The van der Waals surface area contributed by atoms with Crippen molar-refractivity contribution in [3.8, 4) is 0 Å². The minimum Gasteiger partial charge on any atom is -0.330 e. The van der Waals surface area contributed by atoms with Gasteiger partial charge in [0.25, 0.3) is 5.91 Å². The molecule has 2 aliphatic heterocycles. The van der Waals surface area contributed by atoms with Crippen LogP contribution in [-0.2, 0) is 16.4 Å². The maximum Gasteiger partial charge on any atom is 0.272 e. The molecule has 8 heteroatoms. The van der Waals surface area contributed by atoms with E-state index in [0.29, 0.717) is 18.8 Å². The zero-order valence-corrected chi connectivity index (χ0v) is 16.2. The summed E-state index contributed by atoms with van der Waals surface area (Å²) in [6, 6.07) is 6.86. The van der Waals surface area contributed by atoms with Crippen LogP contribution >= 0.6 is 11.3 Å². The number of carbonyl (C=O) groups excluding carboxylic acids is 1. The Morgan fingerprint density at radius 1 is 1.23 bits per heavy atom. The zero-order valence-electron chi connectivity index (χ0n) is 14.5. The van der Waals surface area contributed by atoms with Gasteiger partial charge in [0.15, 0.2) is 9.84 Å². The fourth-order valence-corrected chi connectivity index (χ4v) is 6.80. The lowest BCUT2D eigenvalue weighted by Gasteiger charge is -2.43. The number of aryl methyl sites for hydroxylation is 1. The lowest BCUT2D eigenvalue weighted by atomic mass is 10.0. The average molecular weight is 392 g/mol. The van der Waals surface area contributed by atoms with E-state index in [4.69, 9.17) is 0 Å². The molecule has 26 heavy (non-hydrogen) atoms. The molecular weight excluding hydrogens is 370 g/mol. The molecule has 138 valence electrons. The van der Waals surface area contributed by atoms with Crippen molar-refractivity contribution < 1.29 is 13.2 Å². The number of rotatable bonds is 3. The SMILES string of the molecule is Cc1ccsc1CN1CCN(C(=O)c2ccccn2)[C@@H]2CS(=O)(=O)C[C@@H]21. The van der Waals surface area contributed by atoms with Crippen molar-refractivity contribution in [2.45, 2.75) is 25.6 Å². The van der Waals surface area contributed by atoms with Gasteiger partial charge in [-0.05, 0) is 36.1 Å². The van der Waals surface area contributed by atoms with Gasteiger partial charge in [-0.3, -0.25) is 14.7 Å². The van der Waals surface area contributed by atoms with Crippen LogP contribution in [0.25, 0.3) is 0 Å². The van der Waals surface area contributed by atoms with Crippen molar-refractivity contribution >= 4 is 27.1 Å². The molecule has 0 aliphatic carbocycles. The minimum absolute atomic E-state index is 0.0379. The highest BCUT2D eigenvalue weighted by atomic mass is 32.2. The number of pyridine rings is 1. The quantitative estimate of drug-likeness (QED) is 0.794. The standard InChI is InChI=1S/C18H21N3O3S2/c1-13-5-9-25-17(13)10-20-7-8-21(16-12-26(23,24)11-15(16)20)18(22)14-4-2-3-6-19-14/h2-6,9,15-16H,7-8,10-12H2,1H3/t15-,16+/m0/s1. The maximum atomic E-state index is 12.9. The molecule has 6 nitrogen and oxygen atoms in total. The first-order valence-corrected chi connectivity index (χ1v) is 11.3. The smallest absolute Gasteiger partial charge is 0.272 e. The van der Waals surface area contributed by atoms with Crippen LogP contribution in [0.4, 0.5) is 0 Å². The fourth-order valence-electron chi connectivity index (χ4n) is 3.86. The second kappa shape index (κ2) is 6.75. The maximum absolute atomic E-state index is 12.9. The first-order chi connectivity index (χ1) is 12.4. The van der Waals surface area contributed by atoms with Gasteiger partial charge in [-0.25, -0.2) is 8.42 Å². The van der Waals surface area contributed by atoms with Gasteiger partial charge in [-0.2, -0.15) is 0 Å². The van der Waals surface area contributed by atoms with Gasteiger partial charge in [-0.15, -0.1) is 11.3 Å². The molecule has 2 aromatic heterocycles. The molecule has 0 aromatic carbocycles. The number of carbonyl (C=O) groups is 1. The van der Waals surface area contributed by atoms with E-state index < -0.39 is 9.84 Å². The van der Waals surface area contributed by atoms with Crippen molar-refractivity contribution in [1.82, 2.24) is 14.8 Å². The van der Waals surface area contributed by atoms with Gasteiger partial charge in [0.05, 0.1) is 17.5 Å². The van der Waals surface area contributed by atoms with E-state index in [1.165, 1.54) is 10.4 Å². The summed E-state index contributed by atoms with van der Waals surface area (Å²) in [5.41, 5.74) is 1.61. The van der Waals surface area contributed by atoms with E-state index in [1.807, 2.05) is 0 Å². The van der Waals surface area contributed by atoms with Gasteiger partial charge < -0.3 is 4.90 Å². The molecule has 4 heterocycles. The lowest BCUT2D eigenvalue weighted by Crippen LogP contribution is -2.60. The van der Waals surface area contributed by atoms with Crippen LogP contribution in [-0.4, -0.2) is 65.8 Å². The van der Waals surface area contributed by atoms with Crippen molar-refractivity contribution in [1.29, 1.82) is 0 Å². The molecule has 2 fully saturated rings. The van der Waals surface area contributed by atoms with Gasteiger partial charge in [-0.1, -0.05) is 6.07 Å². The molecule has 0 N–H and O–H groups in total. The summed E-state index contributed by atoms with van der Waals surface area (Å²) in [5.74, 6) is -0.0193. The summed E-state index contributed by atoms with van der Waals surface area (Å²) in [7, 11) is -3.15. The van der Waals surface area contributed by atoms with Crippen molar-refractivity contribution in [3.05, 3.63) is 52.0 Å². The number of nitrogens with zero attached hydrogens (tertiary/aromatic N) is 3. The third kappa shape index (κ3) is 3.28. The van der Waals surface area contributed by atoms with E-state index in [1.54, 1.807) is 40.6 Å². The molecule has 2 aliphatic rings. The predicted molar refractivity (Wildman–Crippen MR) is 101 cm³/mol. The van der Waals surface area contributed by atoms with Crippen LogP contribution in [0.5, 0.6) is 0 Å². The summed E-state index contributed by atoms with van der Waals surface area (Å²) < 4.78 is 24.7. The van der Waals surface area contributed by atoms with E-state index in [0.717, 1.165) is 6.54 Å². The second-order valence-electron chi connectivity index (χ2n) is 6.92. The molecule has 0 spiro atoms. The summed E-state index contributed by atoms with van der Waals surface area (Å²) >= 11 is 1.70. The number of piperazine rings is 1. The largest absolute Gasteiger partial charge is 0.330 e. The van der Waals surface area contributed by atoms with Crippen molar-refractivity contribution in [2.24, 2.45) is 0 Å². The van der Waals surface area contributed by atoms with E-state index >= 15 is 0 Å². The fraction of sp³-hybridized carbons (Fsp3) is 0.444. The highest BCUT2D eigenvalue weighted by molar-refractivity contribution is 7.91. The highest BCUT2D eigenvalue weighted by Crippen LogP contribution is 2.30. The topological polar surface area (TPSA) is 70.6 Å². The van der Waals surface area contributed by atoms with Crippen LogP contribution in [0, 0.1) is 6.92 Å². The molecule has 2 aromatic rings. The molecule has 0 unspecified atom stereocenters. The Morgan fingerprint density at radius 3 is 2.73 bits per heavy atom. The Morgan fingerprint density at radius 2 is 2.04 bits per heavy atom. The normalized spacial score (nSPS) is 25.2. The monoisotopic (exact) mass is 391 g/mol. The first kappa shape index (κ1) is 17.6. The third-order valence-corrected chi connectivity index (χ3v) is 7.96. The van der Waals surface area contributed by atoms with Crippen molar-refractivity contribution in [2.75, 3.05) is 24.6 Å². The number of amides is 1. The minimum atomic E-state index is -3.15. The van der Waals surface area contributed by atoms with Crippen LogP contribution < -0.4 is 0 Å². The molecule has 0 bridgehead atoms. The number of hydrogen-bond donors (Lipinski definition) is 0. The van der Waals surface area contributed by atoms with Gasteiger partial charge in [0.1, 0.15) is 5.69 Å². The molecule has 2 atom stereocenters. The Labute approximate surface area is 157 Å². The molecular formula is C18H21N3O3S2. The summed E-state index contributed by atoms with van der Waals surface area (Å²) in [6.45, 7) is 4.02. The Kier molecular flexibility index (Phi) is 4.58. The predicted octanol–water partition coefficient (Wildman–Crippen LogP) is 1.58. The second-order valence-corrected chi connectivity index (χ2v) is 10.1. The first-order valence-electron chi connectivity index (χ1n) is 8.64. The number of aromatic nitrogens is 1. The molecule has 0 radical (unpaired) electrons. The highest BCUT2D eigenvalue weighted by Gasteiger charge is 2.48. The zero-order chi connectivity index (χ0) is 18.3. The summed E-state index contributed by atoms with van der Waals surface area (Å²) in [5, 5.41) is 2.06. The Bertz CT molecular complexity index is 911. The number of thiophene rings is 1. The van der Waals surface area contributed by atoms with E-state index in [2.05, 4.69) is 28.3 Å². The van der Waals surface area contributed by atoms with Gasteiger partial charge in [0, 0.05) is 36.8 Å². The molecule has 2 saturated heterocycles. The Balaban J connectivity index is 1.60. The summed E-state index contributed by atoms with van der Waals surface area (Å²) in [6.07, 6.45) is 1.59.